The summed E-state index contributed by atoms with van der Waals surface area (Å²) in [5, 5.41) is 5.72. The fourth-order valence-corrected chi connectivity index (χ4v) is 3.32. The van der Waals surface area contributed by atoms with E-state index in [-0.39, 0.29) is 18.2 Å². The first-order chi connectivity index (χ1) is 9.90. The van der Waals surface area contributed by atoms with Crippen LogP contribution in [0.3, 0.4) is 0 Å². The van der Waals surface area contributed by atoms with Crippen LogP contribution >= 0.6 is 11.8 Å². The van der Waals surface area contributed by atoms with Crippen molar-refractivity contribution in [3.05, 3.63) is 28.8 Å². The van der Waals surface area contributed by atoms with E-state index in [1.54, 1.807) is 7.05 Å². The fourth-order valence-electron chi connectivity index (χ4n) is 2.38. The molecular weight excluding hydrogens is 286 g/mol. The maximum atomic E-state index is 12.2. The van der Waals surface area contributed by atoms with Crippen molar-refractivity contribution in [2.24, 2.45) is 4.99 Å². The minimum Gasteiger partial charge on any atom is -0.326 e. The fraction of sp³-hybridized carbons (Fsp3) is 0.400. The van der Waals surface area contributed by atoms with E-state index in [0.29, 0.717) is 5.17 Å². The number of hydrogen-bond acceptors (Lipinski definition) is 4. The number of carbonyl (C=O) groups excluding carboxylic acids is 2. The van der Waals surface area contributed by atoms with E-state index in [2.05, 4.69) is 15.6 Å². The molecule has 0 unspecified atom stereocenters. The van der Waals surface area contributed by atoms with Gasteiger partial charge in [-0.1, -0.05) is 29.5 Å². The van der Waals surface area contributed by atoms with Gasteiger partial charge in [-0.25, -0.2) is 0 Å². The molecule has 0 aliphatic carbocycles. The molecule has 1 fully saturated rings. The number of hydrogen-bond donors (Lipinski definition) is 2. The molecule has 1 aliphatic rings. The van der Waals surface area contributed by atoms with Gasteiger partial charge in [0.25, 0.3) is 0 Å². The Labute approximate surface area is 128 Å². The molecular formula is C15H19N3O2S. The van der Waals surface area contributed by atoms with Crippen molar-refractivity contribution in [1.29, 1.82) is 0 Å². The lowest BCUT2D eigenvalue weighted by molar-refractivity contribution is -0.122. The van der Waals surface area contributed by atoms with E-state index in [9.17, 15) is 9.59 Å². The molecule has 112 valence electrons. The van der Waals surface area contributed by atoms with Crippen LogP contribution in [0.15, 0.2) is 17.1 Å². The predicted octanol–water partition coefficient (Wildman–Crippen LogP) is 2.16. The number of aliphatic imine (C=N–C) groups is 1. The second-order valence-electron chi connectivity index (χ2n) is 5.15. The Morgan fingerprint density at radius 2 is 1.95 bits per heavy atom. The first kappa shape index (κ1) is 15.6. The van der Waals surface area contributed by atoms with Crippen molar-refractivity contribution in [3.8, 4) is 0 Å². The lowest BCUT2D eigenvalue weighted by atomic mass is 10.0. The summed E-state index contributed by atoms with van der Waals surface area (Å²) in [7, 11) is 1.62. The van der Waals surface area contributed by atoms with Crippen molar-refractivity contribution in [1.82, 2.24) is 5.32 Å². The van der Waals surface area contributed by atoms with Gasteiger partial charge in [-0.3, -0.25) is 14.6 Å². The zero-order chi connectivity index (χ0) is 15.6. The van der Waals surface area contributed by atoms with Gasteiger partial charge < -0.3 is 10.6 Å². The van der Waals surface area contributed by atoms with E-state index < -0.39 is 5.25 Å². The second-order valence-corrected chi connectivity index (χ2v) is 6.34. The molecule has 1 saturated heterocycles. The Hall–Kier alpha value is -1.82. The molecule has 0 saturated carbocycles. The van der Waals surface area contributed by atoms with Crippen LogP contribution < -0.4 is 10.6 Å². The van der Waals surface area contributed by atoms with Crippen LogP contribution in [-0.2, 0) is 9.59 Å². The third-order valence-electron chi connectivity index (χ3n) is 3.29. The highest BCUT2D eigenvalue weighted by Crippen LogP contribution is 2.25. The van der Waals surface area contributed by atoms with Crippen LogP contribution in [0.4, 0.5) is 5.69 Å². The molecule has 21 heavy (non-hydrogen) atoms. The molecule has 2 rings (SSSR count). The van der Waals surface area contributed by atoms with Crippen LogP contribution in [0.25, 0.3) is 0 Å². The van der Waals surface area contributed by atoms with Gasteiger partial charge >= 0.3 is 0 Å². The molecule has 1 aliphatic heterocycles. The highest BCUT2D eigenvalue weighted by molar-refractivity contribution is 8.15. The van der Waals surface area contributed by atoms with E-state index in [1.807, 2.05) is 32.9 Å². The maximum Gasteiger partial charge on any atom is 0.240 e. The standard InChI is InChI=1S/C15H19N3O2S/c1-8-5-9(2)13(10(3)6-8)17-12(19)7-11-14(20)18-15(16-4)21-11/h5-6,11H,7H2,1-4H3,(H,17,19)(H,16,18,20)/t11-/m0/s1. The van der Waals surface area contributed by atoms with Crippen LogP contribution in [0, 0.1) is 20.8 Å². The Morgan fingerprint density at radius 1 is 1.33 bits per heavy atom. The third kappa shape index (κ3) is 3.64. The SMILES string of the molecule is CN=C1NC(=O)[C@H](CC(=O)Nc2c(C)cc(C)cc2C)S1. The number of amides is 2. The zero-order valence-electron chi connectivity index (χ0n) is 12.6. The number of amidine groups is 1. The predicted molar refractivity (Wildman–Crippen MR) is 86.8 cm³/mol. The molecule has 6 heteroatoms. The van der Waals surface area contributed by atoms with Crippen LogP contribution in [0.5, 0.6) is 0 Å². The maximum absolute atomic E-state index is 12.2. The molecule has 5 nitrogen and oxygen atoms in total. The molecule has 0 aromatic heterocycles. The average Bonchev–Trinajstić information content (AvgIpc) is 2.74. The Bertz CT molecular complexity index is 602. The van der Waals surface area contributed by atoms with Crippen LogP contribution in [0.2, 0.25) is 0 Å². The van der Waals surface area contributed by atoms with Gasteiger partial charge in [0, 0.05) is 19.2 Å². The molecule has 2 N–H and O–H groups in total. The van der Waals surface area contributed by atoms with Gasteiger partial charge in [0.05, 0.1) is 0 Å². The topological polar surface area (TPSA) is 70.6 Å². The largest absolute Gasteiger partial charge is 0.326 e. The van der Waals surface area contributed by atoms with Gasteiger partial charge in [-0.05, 0) is 31.9 Å². The number of anilines is 1. The summed E-state index contributed by atoms with van der Waals surface area (Å²) in [6.45, 7) is 5.96. The molecule has 0 bridgehead atoms. The van der Waals surface area contributed by atoms with Gasteiger partial charge in [0.15, 0.2) is 5.17 Å². The third-order valence-corrected chi connectivity index (χ3v) is 4.46. The van der Waals surface area contributed by atoms with Crippen molar-refractivity contribution in [2.45, 2.75) is 32.4 Å². The van der Waals surface area contributed by atoms with Crippen molar-refractivity contribution < 1.29 is 9.59 Å². The van der Waals surface area contributed by atoms with E-state index in [0.717, 1.165) is 22.4 Å². The number of thioether (sulfide) groups is 1. The monoisotopic (exact) mass is 305 g/mol. The number of benzene rings is 1. The lowest BCUT2D eigenvalue weighted by Gasteiger charge is -2.13. The summed E-state index contributed by atoms with van der Waals surface area (Å²) in [5.41, 5.74) is 4.05. The summed E-state index contributed by atoms with van der Waals surface area (Å²) in [6.07, 6.45) is 0.141. The summed E-state index contributed by atoms with van der Waals surface area (Å²) < 4.78 is 0. The van der Waals surface area contributed by atoms with Gasteiger partial charge in [0.1, 0.15) is 5.25 Å². The van der Waals surface area contributed by atoms with Gasteiger partial charge in [-0.15, -0.1) is 0 Å². The number of nitrogens with zero attached hydrogens (tertiary/aromatic N) is 1. The van der Waals surface area contributed by atoms with E-state index in [1.165, 1.54) is 11.8 Å². The molecule has 0 radical (unpaired) electrons. The van der Waals surface area contributed by atoms with E-state index in [4.69, 9.17) is 0 Å². The quantitative estimate of drug-likeness (QED) is 0.899. The molecule has 1 atom stereocenters. The van der Waals surface area contributed by atoms with Crippen molar-refractivity contribution in [2.75, 3.05) is 12.4 Å². The summed E-state index contributed by atoms with van der Waals surface area (Å²) >= 11 is 1.30. The van der Waals surface area contributed by atoms with Gasteiger partial charge in [-0.2, -0.15) is 0 Å². The second kappa shape index (κ2) is 6.30. The Balaban J connectivity index is 2.05. The van der Waals surface area contributed by atoms with Crippen LogP contribution in [0.1, 0.15) is 23.1 Å². The first-order valence-electron chi connectivity index (χ1n) is 6.72. The molecule has 1 aromatic rings. The van der Waals surface area contributed by atoms with Gasteiger partial charge in [0.2, 0.25) is 11.8 Å². The zero-order valence-corrected chi connectivity index (χ0v) is 13.4. The molecule has 1 aromatic carbocycles. The first-order valence-corrected chi connectivity index (χ1v) is 7.60. The Morgan fingerprint density at radius 3 is 2.48 bits per heavy atom. The number of aryl methyl sites for hydroxylation is 3. The lowest BCUT2D eigenvalue weighted by Crippen LogP contribution is -2.28. The average molecular weight is 305 g/mol. The number of nitrogens with one attached hydrogen (secondary N) is 2. The van der Waals surface area contributed by atoms with Crippen molar-refractivity contribution >= 4 is 34.4 Å². The normalized spacial score (nSPS) is 19.7. The highest BCUT2D eigenvalue weighted by Gasteiger charge is 2.31. The summed E-state index contributed by atoms with van der Waals surface area (Å²) in [6, 6.07) is 4.06. The molecule has 1 heterocycles. The van der Waals surface area contributed by atoms with Crippen LogP contribution in [-0.4, -0.2) is 29.3 Å². The highest BCUT2D eigenvalue weighted by atomic mass is 32.2. The molecule has 2 amide bonds. The number of rotatable bonds is 3. The van der Waals surface area contributed by atoms with Crippen molar-refractivity contribution in [3.63, 3.8) is 0 Å². The molecule has 0 spiro atoms. The summed E-state index contributed by atoms with van der Waals surface area (Å²) in [4.78, 5) is 27.8. The smallest absolute Gasteiger partial charge is 0.240 e. The number of carbonyl (C=O) groups is 2. The van der Waals surface area contributed by atoms with E-state index >= 15 is 0 Å². The minimum atomic E-state index is -0.408. The minimum absolute atomic E-state index is 0.141. The summed E-state index contributed by atoms with van der Waals surface area (Å²) in [5.74, 6) is -0.317. The Kier molecular flexibility index (Phi) is 4.67.